The molecule has 1 aromatic heterocycles. The summed E-state index contributed by atoms with van der Waals surface area (Å²) in [5.74, 6) is 1.68. The third-order valence-corrected chi connectivity index (χ3v) is 1.39. The van der Waals surface area contributed by atoms with Gasteiger partial charge >= 0.3 is 0 Å². The fraction of sp³-hybridized carbons (Fsp3) is 0.500. The van der Waals surface area contributed by atoms with Crippen LogP contribution in [-0.2, 0) is 0 Å². The lowest BCUT2D eigenvalue weighted by Gasteiger charge is -1.80. The Bertz CT molecular complexity index is 165. The average molecular weight is 108 g/mol. The molecule has 2 rings (SSSR count). The standard InChI is InChI=1S/C6H6NO/c1-2-5(1)6-3-7-4-8-6/h3,5H,1-2H2. The second-order valence-electron chi connectivity index (χ2n) is 2.13. The minimum Gasteiger partial charge on any atom is -0.437 e. The van der Waals surface area contributed by atoms with Gasteiger partial charge in [-0.15, -0.1) is 0 Å². The first-order valence-corrected chi connectivity index (χ1v) is 2.78. The van der Waals surface area contributed by atoms with Crippen molar-refractivity contribution in [3.8, 4) is 0 Å². The van der Waals surface area contributed by atoms with E-state index in [-0.39, 0.29) is 0 Å². The number of oxazole rings is 1. The number of rotatable bonds is 1. The Kier molecular flexibility index (Phi) is 0.692. The van der Waals surface area contributed by atoms with Crippen LogP contribution in [0.25, 0.3) is 0 Å². The first kappa shape index (κ1) is 4.13. The number of hydrogen-bond donors (Lipinski definition) is 0. The van der Waals surface area contributed by atoms with Crippen LogP contribution in [0.3, 0.4) is 0 Å². The van der Waals surface area contributed by atoms with Gasteiger partial charge in [0.2, 0.25) is 0 Å². The minimum absolute atomic E-state index is 0.675. The summed E-state index contributed by atoms with van der Waals surface area (Å²) in [6.45, 7) is 0. The highest BCUT2D eigenvalue weighted by atomic mass is 16.3. The Morgan fingerprint density at radius 1 is 1.75 bits per heavy atom. The lowest BCUT2D eigenvalue weighted by atomic mass is 10.3. The predicted molar refractivity (Wildman–Crippen MR) is 27.3 cm³/mol. The van der Waals surface area contributed by atoms with Crippen LogP contribution >= 0.6 is 0 Å². The van der Waals surface area contributed by atoms with E-state index in [9.17, 15) is 0 Å². The van der Waals surface area contributed by atoms with Crippen molar-refractivity contribution in [3.05, 3.63) is 18.4 Å². The maximum absolute atomic E-state index is 4.92. The van der Waals surface area contributed by atoms with Crippen LogP contribution in [-0.4, -0.2) is 4.98 Å². The van der Waals surface area contributed by atoms with Gasteiger partial charge in [-0.2, -0.15) is 0 Å². The monoisotopic (exact) mass is 108 g/mol. The summed E-state index contributed by atoms with van der Waals surface area (Å²) in [5.41, 5.74) is 0. The van der Waals surface area contributed by atoms with E-state index in [1.165, 1.54) is 12.8 Å². The van der Waals surface area contributed by atoms with Crippen molar-refractivity contribution >= 4 is 0 Å². The molecule has 1 aliphatic carbocycles. The molecule has 1 fully saturated rings. The Labute approximate surface area is 47.5 Å². The highest BCUT2D eigenvalue weighted by Crippen LogP contribution is 2.39. The van der Waals surface area contributed by atoms with Crippen LogP contribution < -0.4 is 0 Å². The van der Waals surface area contributed by atoms with Gasteiger partial charge < -0.3 is 4.42 Å². The van der Waals surface area contributed by atoms with Crippen molar-refractivity contribution in [1.82, 2.24) is 4.98 Å². The van der Waals surface area contributed by atoms with Crippen LogP contribution in [0.1, 0.15) is 24.5 Å². The van der Waals surface area contributed by atoms with Gasteiger partial charge in [0.05, 0.1) is 6.20 Å². The van der Waals surface area contributed by atoms with Crippen molar-refractivity contribution < 1.29 is 4.42 Å². The van der Waals surface area contributed by atoms with Gasteiger partial charge in [-0.25, -0.2) is 4.98 Å². The van der Waals surface area contributed by atoms with E-state index >= 15 is 0 Å². The molecule has 1 aliphatic rings. The third kappa shape index (κ3) is 0.529. The van der Waals surface area contributed by atoms with E-state index in [0.29, 0.717) is 5.92 Å². The normalized spacial score (nSPS) is 19.0. The van der Waals surface area contributed by atoms with Crippen LogP contribution in [0.4, 0.5) is 0 Å². The average Bonchev–Trinajstić information content (AvgIpc) is 2.49. The summed E-state index contributed by atoms with van der Waals surface area (Å²) in [5, 5.41) is 0. The van der Waals surface area contributed by atoms with E-state index in [4.69, 9.17) is 4.42 Å². The van der Waals surface area contributed by atoms with Gasteiger partial charge in [-0.3, -0.25) is 0 Å². The van der Waals surface area contributed by atoms with E-state index in [1.807, 2.05) is 0 Å². The summed E-state index contributed by atoms with van der Waals surface area (Å²) in [4.78, 5) is 3.69. The molecule has 0 unspecified atom stereocenters. The zero-order valence-electron chi connectivity index (χ0n) is 4.42. The molecule has 1 radical (unpaired) electrons. The van der Waals surface area contributed by atoms with Gasteiger partial charge in [-0.1, -0.05) is 0 Å². The number of hydrogen-bond acceptors (Lipinski definition) is 2. The van der Waals surface area contributed by atoms with Crippen LogP contribution in [0.2, 0.25) is 0 Å². The molecule has 8 heavy (non-hydrogen) atoms. The van der Waals surface area contributed by atoms with Crippen molar-refractivity contribution in [2.75, 3.05) is 0 Å². The molecule has 0 N–H and O–H groups in total. The first-order chi connectivity index (χ1) is 3.97. The van der Waals surface area contributed by atoms with Crippen molar-refractivity contribution in [1.29, 1.82) is 0 Å². The zero-order chi connectivity index (χ0) is 5.40. The molecule has 1 aromatic rings. The van der Waals surface area contributed by atoms with E-state index in [1.54, 1.807) is 6.20 Å². The third-order valence-electron chi connectivity index (χ3n) is 1.39. The molecule has 0 saturated heterocycles. The Hall–Kier alpha value is -0.790. The molecule has 1 heterocycles. The predicted octanol–water partition coefficient (Wildman–Crippen LogP) is 1.35. The Balaban J connectivity index is 2.28. The molecule has 0 bridgehead atoms. The molecular formula is C6H6NO. The van der Waals surface area contributed by atoms with Crippen LogP contribution in [0.15, 0.2) is 10.6 Å². The smallest absolute Gasteiger partial charge is 0.283 e. The second-order valence-corrected chi connectivity index (χ2v) is 2.13. The Morgan fingerprint density at radius 2 is 2.62 bits per heavy atom. The van der Waals surface area contributed by atoms with Crippen LogP contribution in [0, 0.1) is 6.39 Å². The van der Waals surface area contributed by atoms with E-state index < -0.39 is 0 Å². The fourth-order valence-corrected chi connectivity index (χ4v) is 0.752. The van der Waals surface area contributed by atoms with E-state index in [2.05, 4.69) is 11.4 Å². The molecule has 0 atom stereocenters. The van der Waals surface area contributed by atoms with Crippen molar-refractivity contribution in [2.45, 2.75) is 18.8 Å². The molecule has 0 aliphatic heterocycles. The fourth-order valence-electron chi connectivity index (χ4n) is 0.752. The summed E-state index contributed by atoms with van der Waals surface area (Å²) in [7, 11) is 0. The zero-order valence-corrected chi connectivity index (χ0v) is 4.42. The molecule has 0 aromatic carbocycles. The van der Waals surface area contributed by atoms with Gasteiger partial charge in [-0.05, 0) is 12.8 Å². The summed E-state index contributed by atoms with van der Waals surface area (Å²) >= 11 is 0. The molecular weight excluding hydrogens is 102 g/mol. The lowest BCUT2D eigenvalue weighted by Crippen LogP contribution is -1.67. The molecule has 1 saturated carbocycles. The lowest BCUT2D eigenvalue weighted by molar-refractivity contribution is 0.497. The molecule has 2 nitrogen and oxygen atoms in total. The Morgan fingerprint density at radius 3 is 3.12 bits per heavy atom. The van der Waals surface area contributed by atoms with E-state index in [0.717, 1.165) is 5.76 Å². The maximum atomic E-state index is 4.92. The quantitative estimate of drug-likeness (QED) is 0.542. The summed E-state index contributed by atoms with van der Waals surface area (Å²) in [6, 6.07) is 0. The van der Waals surface area contributed by atoms with Gasteiger partial charge in [0.15, 0.2) is 0 Å². The number of nitrogens with zero attached hydrogens (tertiary/aromatic N) is 1. The molecule has 2 heteroatoms. The largest absolute Gasteiger partial charge is 0.437 e. The first-order valence-electron chi connectivity index (χ1n) is 2.78. The van der Waals surface area contributed by atoms with Crippen molar-refractivity contribution in [3.63, 3.8) is 0 Å². The highest BCUT2D eigenvalue weighted by Gasteiger charge is 2.26. The SMILES string of the molecule is [c]1ncc(C2CC2)o1. The van der Waals surface area contributed by atoms with Crippen LogP contribution in [0.5, 0.6) is 0 Å². The summed E-state index contributed by atoms with van der Waals surface area (Å²) in [6.07, 6.45) is 6.71. The highest BCUT2D eigenvalue weighted by molar-refractivity contribution is 5.05. The summed E-state index contributed by atoms with van der Waals surface area (Å²) < 4.78 is 4.92. The molecule has 0 amide bonds. The number of aromatic nitrogens is 1. The second kappa shape index (κ2) is 1.34. The maximum Gasteiger partial charge on any atom is 0.283 e. The van der Waals surface area contributed by atoms with Gasteiger partial charge in [0.25, 0.3) is 6.39 Å². The van der Waals surface area contributed by atoms with Gasteiger partial charge in [0, 0.05) is 5.92 Å². The minimum atomic E-state index is 0.675. The molecule has 41 valence electrons. The topological polar surface area (TPSA) is 26.0 Å². The van der Waals surface area contributed by atoms with Gasteiger partial charge in [0.1, 0.15) is 5.76 Å². The van der Waals surface area contributed by atoms with Crippen molar-refractivity contribution in [2.24, 2.45) is 0 Å². The molecule has 0 spiro atoms.